The first-order valence-electron chi connectivity index (χ1n) is 6.44. The first kappa shape index (κ1) is 14.1. The quantitative estimate of drug-likeness (QED) is 0.596. The zero-order valence-electron chi connectivity index (χ0n) is 11.9. The summed E-state index contributed by atoms with van der Waals surface area (Å²) < 4.78 is 28.1. The molecule has 0 fully saturated rings. The van der Waals surface area contributed by atoms with Gasteiger partial charge >= 0.3 is 0 Å². The zero-order chi connectivity index (χ0) is 15.7. The highest BCUT2D eigenvalue weighted by Crippen LogP contribution is 2.21. The van der Waals surface area contributed by atoms with E-state index in [1.165, 1.54) is 6.33 Å². The molecule has 0 radical (unpaired) electrons. The largest absolute Gasteiger partial charge is 0.312 e. The molecule has 0 atom stereocenters. The fourth-order valence-corrected chi connectivity index (χ4v) is 1.98. The third kappa shape index (κ3) is 2.50. The van der Waals surface area contributed by atoms with Crippen molar-refractivity contribution in [3.05, 3.63) is 48.1 Å². The first-order chi connectivity index (χ1) is 10.6. The predicted octanol–water partition coefficient (Wildman–Crippen LogP) is 2.48. The second-order valence-electron chi connectivity index (χ2n) is 4.65. The molecule has 0 aliphatic rings. The lowest BCUT2D eigenvalue weighted by Crippen LogP contribution is -2.05. The van der Waals surface area contributed by atoms with Gasteiger partial charge in [-0.05, 0) is 13.0 Å². The van der Waals surface area contributed by atoms with Crippen LogP contribution in [0.15, 0.2) is 35.8 Å². The van der Waals surface area contributed by atoms with Crippen molar-refractivity contribution in [3.63, 3.8) is 0 Å². The van der Waals surface area contributed by atoms with E-state index in [9.17, 15) is 8.78 Å². The van der Waals surface area contributed by atoms with Gasteiger partial charge in [0.2, 0.25) is 5.95 Å². The molecule has 0 saturated heterocycles. The standard InChI is InChI=1S/C14H12F2N6/c1-8(11-3-4-17-7-18-11)20-21-14-19-12-5-9(15)10(16)6-13(12)22(14)2/h3-7H,1-2H3,(H,19,21)/b20-8+. The zero-order valence-corrected chi connectivity index (χ0v) is 11.9. The fraction of sp³-hybridized carbons (Fsp3) is 0.143. The minimum atomic E-state index is -0.933. The van der Waals surface area contributed by atoms with Crippen LogP contribution in [0.4, 0.5) is 14.7 Å². The maximum absolute atomic E-state index is 13.3. The van der Waals surface area contributed by atoms with E-state index in [1.54, 1.807) is 30.8 Å². The Balaban J connectivity index is 1.93. The van der Waals surface area contributed by atoms with Crippen molar-refractivity contribution in [3.8, 4) is 0 Å². The number of anilines is 1. The van der Waals surface area contributed by atoms with E-state index < -0.39 is 11.6 Å². The van der Waals surface area contributed by atoms with Crippen LogP contribution in [0.25, 0.3) is 11.0 Å². The van der Waals surface area contributed by atoms with Gasteiger partial charge in [0.05, 0.1) is 22.4 Å². The van der Waals surface area contributed by atoms with E-state index in [1.807, 2.05) is 0 Å². The molecule has 6 nitrogen and oxygen atoms in total. The Hall–Kier alpha value is -2.90. The smallest absolute Gasteiger partial charge is 0.224 e. The van der Waals surface area contributed by atoms with Crippen LogP contribution in [-0.2, 0) is 7.05 Å². The van der Waals surface area contributed by atoms with Gasteiger partial charge in [-0.3, -0.25) is 0 Å². The van der Waals surface area contributed by atoms with Gasteiger partial charge in [-0.2, -0.15) is 5.10 Å². The number of benzene rings is 1. The molecule has 112 valence electrons. The number of aromatic nitrogens is 4. The molecule has 1 aromatic carbocycles. The lowest BCUT2D eigenvalue weighted by molar-refractivity contribution is 0.510. The molecule has 22 heavy (non-hydrogen) atoms. The van der Waals surface area contributed by atoms with Crippen LogP contribution >= 0.6 is 0 Å². The Labute approximate surface area is 124 Å². The van der Waals surface area contributed by atoms with Crippen molar-refractivity contribution in [1.82, 2.24) is 19.5 Å². The molecule has 2 aromatic heterocycles. The molecule has 0 spiro atoms. The lowest BCUT2D eigenvalue weighted by Gasteiger charge is -2.03. The van der Waals surface area contributed by atoms with Gasteiger partial charge < -0.3 is 4.57 Å². The average molecular weight is 302 g/mol. The number of hydrogen-bond donors (Lipinski definition) is 1. The molecule has 3 rings (SSSR count). The molecular formula is C14H12F2N6. The number of rotatable bonds is 3. The Bertz CT molecular complexity index is 857. The number of imidazole rings is 1. The Morgan fingerprint density at radius 2 is 2.05 bits per heavy atom. The van der Waals surface area contributed by atoms with E-state index in [0.717, 1.165) is 12.1 Å². The Kier molecular flexibility index (Phi) is 3.50. The minimum Gasteiger partial charge on any atom is -0.312 e. The van der Waals surface area contributed by atoms with Crippen LogP contribution in [0.2, 0.25) is 0 Å². The van der Waals surface area contributed by atoms with Gasteiger partial charge in [-0.1, -0.05) is 0 Å². The highest BCUT2D eigenvalue weighted by molar-refractivity contribution is 5.97. The summed E-state index contributed by atoms with van der Waals surface area (Å²) in [6.45, 7) is 1.78. The number of fused-ring (bicyclic) bond motifs is 1. The van der Waals surface area contributed by atoms with Crippen molar-refractivity contribution < 1.29 is 8.78 Å². The summed E-state index contributed by atoms with van der Waals surface area (Å²) in [6.07, 6.45) is 3.04. The van der Waals surface area contributed by atoms with E-state index in [2.05, 4.69) is 25.5 Å². The van der Waals surface area contributed by atoms with E-state index >= 15 is 0 Å². The van der Waals surface area contributed by atoms with Gasteiger partial charge in [0.25, 0.3) is 0 Å². The molecule has 2 heterocycles. The third-order valence-electron chi connectivity index (χ3n) is 3.20. The molecular weight excluding hydrogens is 290 g/mol. The molecule has 0 aliphatic heterocycles. The second-order valence-corrected chi connectivity index (χ2v) is 4.65. The van der Waals surface area contributed by atoms with E-state index in [-0.39, 0.29) is 0 Å². The number of halogens is 2. The van der Waals surface area contributed by atoms with Gasteiger partial charge in [0.15, 0.2) is 11.6 Å². The van der Waals surface area contributed by atoms with Crippen LogP contribution < -0.4 is 5.43 Å². The van der Waals surface area contributed by atoms with Crippen molar-refractivity contribution in [2.75, 3.05) is 5.43 Å². The molecule has 8 heteroatoms. The van der Waals surface area contributed by atoms with Gasteiger partial charge in [-0.15, -0.1) is 0 Å². The normalized spacial score (nSPS) is 11.9. The second kappa shape index (κ2) is 5.47. The van der Waals surface area contributed by atoms with Gasteiger partial charge in [0, 0.05) is 25.4 Å². The van der Waals surface area contributed by atoms with Gasteiger partial charge in [-0.25, -0.2) is 29.2 Å². The molecule has 0 bridgehead atoms. The van der Waals surface area contributed by atoms with Crippen molar-refractivity contribution in [2.24, 2.45) is 12.1 Å². The SMILES string of the molecule is C/C(=N\Nc1nc2cc(F)c(F)cc2n1C)c1ccncn1. The number of nitrogens with zero attached hydrogens (tertiary/aromatic N) is 5. The van der Waals surface area contributed by atoms with Crippen LogP contribution in [0.3, 0.4) is 0 Å². The summed E-state index contributed by atoms with van der Waals surface area (Å²) in [5.74, 6) is -1.48. The number of aryl methyl sites for hydroxylation is 1. The molecule has 0 aliphatic carbocycles. The van der Waals surface area contributed by atoms with Crippen molar-refractivity contribution in [1.29, 1.82) is 0 Å². The topological polar surface area (TPSA) is 68.0 Å². The summed E-state index contributed by atoms with van der Waals surface area (Å²) in [7, 11) is 1.69. The molecule has 0 saturated carbocycles. The van der Waals surface area contributed by atoms with Gasteiger partial charge in [0.1, 0.15) is 6.33 Å². The van der Waals surface area contributed by atoms with E-state index in [4.69, 9.17) is 0 Å². The summed E-state index contributed by atoms with van der Waals surface area (Å²) in [4.78, 5) is 12.1. The van der Waals surface area contributed by atoms with E-state index in [0.29, 0.717) is 28.4 Å². The highest BCUT2D eigenvalue weighted by atomic mass is 19.2. The summed E-state index contributed by atoms with van der Waals surface area (Å²) >= 11 is 0. The number of hydrogen-bond acceptors (Lipinski definition) is 5. The average Bonchev–Trinajstić information content (AvgIpc) is 2.82. The maximum Gasteiger partial charge on any atom is 0.224 e. The summed E-state index contributed by atoms with van der Waals surface area (Å²) in [6, 6.07) is 3.88. The molecule has 3 aromatic rings. The van der Waals surface area contributed by atoms with Crippen LogP contribution in [0.5, 0.6) is 0 Å². The summed E-state index contributed by atoms with van der Waals surface area (Å²) in [5.41, 5.74) is 4.89. The highest BCUT2D eigenvalue weighted by Gasteiger charge is 2.12. The lowest BCUT2D eigenvalue weighted by atomic mass is 10.3. The van der Waals surface area contributed by atoms with Crippen LogP contribution in [0, 0.1) is 11.6 Å². The minimum absolute atomic E-state index is 0.346. The first-order valence-corrected chi connectivity index (χ1v) is 6.44. The number of nitrogens with one attached hydrogen (secondary N) is 1. The molecule has 0 unspecified atom stereocenters. The monoisotopic (exact) mass is 302 g/mol. The summed E-state index contributed by atoms with van der Waals surface area (Å²) in [5, 5.41) is 4.17. The fourth-order valence-electron chi connectivity index (χ4n) is 1.98. The predicted molar refractivity (Wildman–Crippen MR) is 78.5 cm³/mol. The molecule has 1 N–H and O–H groups in total. The Morgan fingerprint density at radius 1 is 1.27 bits per heavy atom. The third-order valence-corrected chi connectivity index (χ3v) is 3.20. The molecule has 0 amide bonds. The van der Waals surface area contributed by atoms with Crippen molar-refractivity contribution in [2.45, 2.75) is 6.92 Å². The number of hydrazone groups is 1. The van der Waals surface area contributed by atoms with Crippen molar-refractivity contribution >= 4 is 22.7 Å². The van der Waals surface area contributed by atoms with Crippen LogP contribution in [0.1, 0.15) is 12.6 Å². The van der Waals surface area contributed by atoms with Crippen LogP contribution in [-0.4, -0.2) is 25.2 Å². The maximum atomic E-state index is 13.3. The Morgan fingerprint density at radius 3 is 2.77 bits per heavy atom.